The van der Waals surface area contributed by atoms with E-state index >= 15 is 0 Å². The topological polar surface area (TPSA) is 64.9 Å². The van der Waals surface area contributed by atoms with Crippen LogP contribution in [-0.2, 0) is 0 Å². The lowest BCUT2D eigenvalue weighted by Crippen LogP contribution is -2.30. The number of nitrogens with one attached hydrogen (secondary N) is 1. The number of aromatic nitrogens is 4. The predicted octanol–water partition coefficient (Wildman–Crippen LogP) is 2.85. The van der Waals surface area contributed by atoms with Crippen LogP contribution in [0.2, 0.25) is 0 Å². The zero-order valence-corrected chi connectivity index (χ0v) is 14.3. The van der Waals surface area contributed by atoms with Gasteiger partial charge in [-0.1, -0.05) is 12.1 Å². The van der Waals surface area contributed by atoms with Crippen molar-refractivity contribution in [1.82, 2.24) is 25.1 Å². The van der Waals surface area contributed by atoms with Crippen LogP contribution in [0.15, 0.2) is 49.2 Å². The van der Waals surface area contributed by atoms with Crippen molar-refractivity contribution in [3.8, 4) is 22.7 Å². The molecule has 1 N–H and O–H groups in total. The molecule has 0 unspecified atom stereocenters. The van der Waals surface area contributed by atoms with Gasteiger partial charge in [-0.25, -0.2) is 19.0 Å². The van der Waals surface area contributed by atoms with Gasteiger partial charge in [-0.05, 0) is 44.0 Å². The molecule has 1 saturated heterocycles. The molecule has 0 atom stereocenters. The van der Waals surface area contributed by atoms with Crippen molar-refractivity contribution in [2.45, 2.75) is 12.8 Å². The summed E-state index contributed by atoms with van der Waals surface area (Å²) in [4.78, 5) is 8.42. The van der Waals surface area contributed by atoms with E-state index in [0.717, 1.165) is 31.5 Å². The molecule has 3 heterocycles. The molecule has 1 aromatic carbocycles. The predicted molar refractivity (Wildman–Crippen MR) is 95.6 cm³/mol. The molecule has 0 bridgehead atoms. The SMILES string of the molecule is Fc1ccccc1-n1cc(-c2ncncc2OCC2CCNCC2)cn1. The van der Waals surface area contributed by atoms with Gasteiger partial charge in [-0.3, -0.25) is 0 Å². The molecule has 0 aliphatic carbocycles. The molecule has 0 radical (unpaired) electrons. The Morgan fingerprint density at radius 1 is 1.19 bits per heavy atom. The number of benzene rings is 1. The highest BCUT2D eigenvalue weighted by molar-refractivity contribution is 5.64. The van der Waals surface area contributed by atoms with Crippen LogP contribution in [-0.4, -0.2) is 39.4 Å². The number of hydrogen-bond donors (Lipinski definition) is 1. The second-order valence-electron chi connectivity index (χ2n) is 6.36. The second kappa shape index (κ2) is 7.61. The lowest BCUT2D eigenvalue weighted by molar-refractivity contribution is 0.215. The number of para-hydroxylation sites is 1. The number of rotatable bonds is 5. The molecule has 6 nitrogen and oxygen atoms in total. The second-order valence-corrected chi connectivity index (χ2v) is 6.36. The van der Waals surface area contributed by atoms with Crippen molar-refractivity contribution in [3.63, 3.8) is 0 Å². The minimum absolute atomic E-state index is 0.327. The smallest absolute Gasteiger partial charge is 0.163 e. The quantitative estimate of drug-likeness (QED) is 0.764. The average molecular weight is 353 g/mol. The fourth-order valence-electron chi connectivity index (χ4n) is 3.11. The molecule has 0 spiro atoms. The summed E-state index contributed by atoms with van der Waals surface area (Å²) in [6.07, 6.45) is 8.77. The van der Waals surface area contributed by atoms with Crippen LogP contribution in [0.25, 0.3) is 16.9 Å². The van der Waals surface area contributed by atoms with Gasteiger partial charge in [-0.15, -0.1) is 0 Å². The van der Waals surface area contributed by atoms with Gasteiger partial charge in [0.2, 0.25) is 0 Å². The number of nitrogens with zero attached hydrogens (tertiary/aromatic N) is 4. The first-order chi connectivity index (χ1) is 12.8. The molecular weight excluding hydrogens is 333 g/mol. The molecule has 7 heteroatoms. The molecular formula is C19H20FN5O. The average Bonchev–Trinajstić information content (AvgIpc) is 3.17. The normalized spacial score (nSPS) is 15.1. The van der Waals surface area contributed by atoms with Crippen molar-refractivity contribution >= 4 is 0 Å². The highest BCUT2D eigenvalue weighted by Crippen LogP contribution is 2.28. The largest absolute Gasteiger partial charge is 0.489 e. The Morgan fingerprint density at radius 3 is 2.88 bits per heavy atom. The molecule has 4 rings (SSSR count). The maximum absolute atomic E-state index is 14.0. The molecule has 26 heavy (non-hydrogen) atoms. The van der Waals surface area contributed by atoms with Gasteiger partial charge in [-0.2, -0.15) is 5.10 Å². The van der Waals surface area contributed by atoms with Crippen molar-refractivity contribution < 1.29 is 9.13 Å². The minimum atomic E-state index is -0.327. The van der Waals surface area contributed by atoms with Crippen molar-refractivity contribution in [3.05, 3.63) is 55.0 Å². The molecule has 0 saturated carbocycles. The maximum Gasteiger partial charge on any atom is 0.163 e. The summed E-state index contributed by atoms with van der Waals surface area (Å²) < 4.78 is 21.5. The summed E-state index contributed by atoms with van der Waals surface area (Å²) in [7, 11) is 0. The fourth-order valence-corrected chi connectivity index (χ4v) is 3.11. The van der Waals surface area contributed by atoms with Crippen molar-refractivity contribution in [1.29, 1.82) is 0 Å². The van der Waals surface area contributed by atoms with Gasteiger partial charge in [0.05, 0.1) is 19.0 Å². The van der Waals surface area contributed by atoms with Crippen molar-refractivity contribution in [2.24, 2.45) is 5.92 Å². The van der Waals surface area contributed by atoms with E-state index in [4.69, 9.17) is 4.74 Å². The van der Waals surface area contributed by atoms with Gasteiger partial charge in [0.15, 0.2) is 5.75 Å². The van der Waals surface area contributed by atoms with Crippen LogP contribution < -0.4 is 10.1 Å². The zero-order valence-electron chi connectivity index (χ0n) is 14.3. The van der Waals surface area contributed by atoms with E-state index in [1.165, 1.54) is 17.1 Å². The summed E-state index contributed by atoms with van der Waals surface area (Å²) in [5.74, 6) is 0.830. The zero-order chi connectivity index (χ0) is 17.8. The third-order valence-corrected chi connectivity index (χ3v) is 4.57. The van der Waals surface area contributed by atoms with Crippen molar-refractivity contribution in [2.75, 3.05) is 19.7 Å². The Labute approximate surface area is 151 Å². The standard InChI is InChI=1S/C19H20FN5O/c20-16-3-1-2-4-17(16)25-11-15(9-24-25)19-18(10-22-13-23-19)26-12-14-5-7-21-8-6-14/h1-4,9-11,13-14,21H,5-8,12H2. The van der Waals surface area contributed by atoms with Gasteiger partial charge >= 0.3 is 0 Å². The molecule has 1 fully saturated rings. The Kier molecular flexibility index (Phi) is 4.88. The summed E-state index contributed by atoms with van der Waals surface area (Å²) >= 11 is 0. The van der Waals surface area contributed by atoms with Gasteiger partial charge < -0.3 is 10.1 Å². The molecule has 3 aromatic rings. The summed E-state index contributed by atoms with van der Waals surface area (Å²) in [6, 6.07) is 6.52. The van der Waals surface area contributed by atoms with E-state index in [-0.39, 0.29) is 5.82 Å². The van der Waals surface area contributed by atoms with Crippen LogP contribution in [0.4, 0.5) is 4.39 Å². The third kappa shape index (κ3) is 3.57. The van der Waals surface area contributed by atoms with Crippen LogP contribution in [0.1, 0.15) is 12.8 Å². The van der Waals surface area contributed by atoms with Gasteiger partial charge in [0.1, 0.15) is 23.5 Å². The Bertz CT molecular complexity index is 876. The monoisotopic (exact) mass is 353 g/mol. The van der Waals surface area contributed by atoms with Gasteiger partial charge in [0.25, 0.3) is 0 Å². The van der Waals surface area contributed by atoms with E-state index in [9.17, 15) is 4.39 Å². The van der Waals surface area contributed by atoms with Crippen LogP contribution >= 0.6 is 0 Å². The Hall–Kier alpha value is -2.80. The highest BCUT2D eigenvalue weighted by Gasteiger charge is 2.17. The minimum Gasteiger partial charge on any atom is -0.489 e. The first kappa shape index (κ1) is 16.7. The van der Waals surface area contributed by atoms with E-state index in [2.05, 4.69) is 20.4 Å². The maximum atomic E-state index is 14.0. The van der Waals surface area contributed by atoms with Crippen LogP contribution in [0.5, 0.6) is 5.75 Å². The summed E-state index contributed by atoms with van der Waals surface area (Å²) in [5.41, 5.74) is 1.82. The molecule has 2 aromatic heterocycles. The van der Waals surface area contributed by atoms with E-state index in [1.807, 2.05) is 0 Å². The Morgan fingerprint density at radius 2 is 2.04 bits per heavy atom. The highest BCUT2D eigenvalue weighted by atomic mass is 19.1. The van der Waals surface area contributed by atoms with E-state index < -0.39 is 0 Å². The number of ether oxygens (including phenoxy) is 1. The first-order valence-corrected chi connectivity index (χ1v) is 8.75. The lowest BCUT2D eigenvalue weighted by Gasteiger charge is -2.22. The number of halogens is 1. The van der Waals surface area contributed by atoms with E-state index in [0.29, 0.717) is 29.7 Å². The molecule has 1 aliphatic heterocycles. The number of piperidine rings is 1. The first-order valence-electron chi connectivity index (χ1n) is 8.75. The summed E-state index contributed by atoms with van der Waals surface area (Å²) in [5, 5.41) is 7.62. The lowest BCUT2D eigenvalue weighted by atomic mass is 9.99. The third-order valence-electron chi connectivity index (χ3n) is 4.57. The van der Waals surface area contributed by atoms with E-state index in [1.54, 1.807) is 36.8 Å². The summed E-state index contributed by atoms with van der Waals surface area (Å²) in [6.45, 7) is 2.70. The Balaban J connectivity index is 1.55. The van der Waals surface area contributed by atoms with Crippen LogP contribution in [0, 0.1) is 11.7 Å². The molecule has 0 amide bonds. The number of hydrogen-bond acceptors (Lipinski definition) is 5. The van der Waals surface area contributed by atoms with Gasteiger partial charge in [0, 0.05) is 11.8 Å². The molecule has 1 aliphatic rings. The van der Waals surface area contributed by atoms with Crippen LogP contribution in [0.3, 0.4) is 0 Å². The fraction of sp³-hybridized carbons (Fsp3) is 0.316. The molecule has 134 valence electrons.